The lowest BCUT2D eigenvalue weighted by molar-refractivity contribution is -0.190. The minimum atomic E-state index is -4.46. The molecule has 0 aliphatic heterocycles. The van der Waals surface area contributed by atoms with Gasteiger partial charge in [-0.2, -0.15) is 13.2 Å². The van der Waals surface area contributed by atoms with Gasteiger partial charge in [0, 0.05) is 0 Å². The molecular weight excluding hydrogens is 237 g/mol. The number of halogens is 3. The Morgan fingerprint density at radius 1 is 1.18 bits per heavy atom. The van der Waals surface area contributed by atoms with Crippen molar-refractivity contribution in [3.8, 4) is 11.5 Å². The molecule has 1 aromatic carbocycles. The van der Waals surface area contributed by atoms with Crippen molar-refractivity contribution in [3.63, 3.8) is 0 Å². The zero-order chi connectivity index (χ0) is 12.9. The third-order valence-corrected chi connectivity index (χ3v) is 2.19. The molecule has 0 saturated heterocycles. The lowest BCUT2D eigenvalue weighted by atomic mass is 10.2. The first-order valence-electron chi connectivity index (χ1n) is 4.91. The molecule has 0 heterocycles. The monoisotopic (exact) mass is 250 g/mol. The maximum absolute atomic E-state index is 12.3. The van der Waals surface area contributed by atoms with Crippen LogP contribution in [-0.4, -0.2) is 31.6 Å². The zero-order valence-electron chi connectivity index (χ0n) is 9.20. The van der Waals surface area contributed by atoms with E-state index in [-0.39, 0.29) is 0 Å². The Labute approximate surface area is 96.8 Å². The third-order valence-electron chi connectivity index (χ3n) is 2.19. The predicted molar refractivity (Wildman–Crippen MR) is 55.1 cm³/mol. The van der Waals surface area contributed by atoms with E-state index < -0.39 is 25.3 Å². The molecule has 1 atom stereocenters. The molecule has 3 nitrogen and oxygen atoms in total. The van der Waals surface area contributed by atoms with E-state index >= 15 is 0 Å². The van der Waals surface area contributed by atoms with Crippen molar-refractivity contribution >= 4 is 0 Å². The Bertz CT molecular complexity index is 335. The van der Waals surface area contributed by atoms with Crippen LogP contribution >= 0.6 is 0 Å². The Morgan fingerprint density at radius 3 is 2.12 bits per heavy atom. The van der Waals surface area contributed by atoms with Crippen LogP contribution in [0.1, 0.15) is 0 Å². The molecule has 0 spiro atoms. The van der Waals surface area contributed by atoms with Crippen molar-refractivity contribution in [1.82, 2.24) is 0 Å². The number of ether oxygens (including phenoxy) is 2. The van der Waals surface area contributed by atoms with Crippen LogP contribution in [0.25, 0.3) is 0 Å². The molecule has 1 unspecified atom stereocenters. The number of aliphatic hydroxyl groups is 1. The van der Waals surface area contributed by atoms with Crippen LogP contribution in [0.2, 0.25) is 0 Å². The van der Waals surface area contributed by atoms with Gasteiger partial charge in [0.1, 0.15) is 24.0 Å². The van der Waals surface area contributed by atoms with Crippen LogP contribution in [0.5, 0.6) is 11.5 Å². The lowest BCUT2D eigenvalue weighted by Gasteiger charge is -2.18. The fourth-order valence-corrected chi connectivity index (χ4v) is 1.12. The van der Waals surface area contributed by atoms with E-state index in [0.29, 0.717) is 11.5 Å². The number of rotatable bonds is 5. The Hall–Kier alpha value is -1.43. The van der Waals surface area contributed by atoms with E-state index in [4.69, 9.17) is 14.6 Å². The maximum atomic E-state index is 12.3. The van der Waals surface area contributed by atoms with E-state index in [9.17, 15) is 13.2 Å². The standard InChI is InChI=1S/C11H13F3O3/c1-16-9-2-4-10(5-3-9)17-7-8(6-15)11(12,13)14/h2-5,8,15H,6-7H2,1H3. The van der Waals surface area contributed by atoms with Gasteiger partial charge in [-0.05, 0) is 24.3 Å². The van der Waals surface area contributed by atoms with Crippen LogP contribution in [0.4, 0.5) is 13.2 Å². The van der Waals surface area contributed by atoms with Gasteiger partial charge in [0.15, 0.2) is 0 Å². The highest BCUT2D eigenvalue weighted by molar-refractivity contribution is 5.31. The van der Waals surface area contributed by atoms with Gasteiger partial charge in [-0.1, -0.05) is 0 Å². The summed E-state index contributed by atoms with van der Waals surface area (Å²) in [5, 5.41) is 8.60. The van der Waals surface area contributed by atoms with Crippen LogP contribution in [-0.2, 0) is 0 Å². The van der Waals surface area contributed by atoms with E-state index in [2.05, 4.69) is 0 Å². The number of hydrogen-bond acceptors (Lipinski definition) is 3. The van der Waals surface area contributed by atoms with Crippen molar-refractivity contribution in [2.75, 3.05) is 20.3 Å². The molecule has 17 heavy (non-hydrogen) atoms. The van der Waals surface area contributed by atoms with Gasteiger partial charge in [-0.15, -0.1) is 0 Å². The highest BCUT2D eigenvalue weighted by atomic mass is 19.4. The summed E-state index contributed by atoms with van der Waals surface area (Å²) in [6.07, 6.45) is -4.46. The van der Waals surface area contributed by atoms with Crippen LogP contribution in [0.15, 0.2) is 24.3 Å². The largest absolute Gasteiger partial charge is 0.497 e. The second kappa shape index (κ2) is 5.77. The molecule has 0 aromatic heterocycles. The molecular formula is C11H13F3O3. The molecule has 0 fully saturated rings. The first kappa shape index (κ1) is 13.6. The van der Waals surface area contributed by atoms with Gasteiger partial charge in [0.2, 0.25) is 0 Å². The normalized spacial score (nSPS) is 13.2. The summed E-state index contributed by atoms with van der Waals surface area (Å²) >= 11 is 0. The fraction of sp³-hybridized carbons (Fsp3) is 0.455. The van der Waals surface area contributed by atoms with E-state index in [1.807, 2.05) is 0 Å². The minimum Gasteiger partial charge on any atom is -0.497 e. The van der Waals surface area contributed by atoms with Gasteiger partial charge >= 0.3 is 6.18 Å². The highest BCUT2D eigenvalue weighted by Crippen LogP contribution is 2.27. The smallest absolute Gasteiger partial charge is 0.397 e. The topological polar surface area (TPSA) is 38.7 Å². The molecule has 0 amide bonds. The number of alkyl halides is 3. The average Bonchev–Trinajstić information content (AvgIpc) is 2.29. The van der Waals surface area contributed by atoms with Crippen LogP contribution < -0.4 is 9.47 Å². The van der Waals surface area contributed by atoms with Gasteiger partial charge in [-0.25, -0.2) is 0 Å². The van der Waals surface area contributed by atoms with Gasteiger partial charge < -0.3 is 14.6 Å². The first-order valence-corrected chi connectivity index (χ1v) is 4.91. The van der Waals surface area contributed by atoms with E-state index in [1.165, 1.54) is 19.2 Å². The Balaban J connectivity index is 2.54. The summed E-state index contributed by atoms with van der Waals surface area (Å²) in [5.41, 5.74) is 0. The second-order valence-electron chi connectivity index (χ2n) is 3.41. The lowest BCUT2D eigenvalue weighted by Crippen LogP contribution is -2.31. The van der Waals surface area contributed by atoms with Crippen molar-refractivity contribution in [1.29, 1.82) is 0 Å². The van der Waals surface area contributed by atoms with Crippen molar-refractivity contribution in [2.45, 2.75) is 6.18 Å². The Kier molecular flexibility index (Phi) is 4.62. The molecule has 1 rings (SSSR count). The van der Waals surface area contributed by atoms with E-state index in [1.54, 1.807) is 12.1 Å². The molecule has 0 bridgehead atoms. The molecule has 96 valence electrons. The van der Waals surface area contributed by atoms with E-state index in [0.717, 1.165) is 0 Å². The fourth-order valence-electron chi connectivity index (χ4n) is 1.12. The number of aliphatic hydroxyl groups excluding tert-OH is 1. The molecule has 0 radical (unpaired) electrons. The third kappa shape index (κ3) is 4.14. The van der Waals surface area contributed by atoms with Gasteiger partial charge in [0.25, 0.3) is 0 Å². The van der Waals surface area contributed by atoms with Gasteiger partial charge in [-0.3, -0.25) is 0 Å². The first-order chi connectivity index (χ1) is 7.97. The van der Waals surface area contributed by atoms with Crippen molar-refractivity contribution < 1.29 is 27.8 Å². The quantitative estimate of drug-likeness (QED) is 0.871. The second-order valence-corrected chi connectivity index (χ2v) is 3.41. The number of benzene rings is 1. The molecule has 6 heteroatoms. The van der Waals surface area contributed by atoms with Crippen molar-refractivity contribution in [3.05, 3.63) is 24.3 Å². The number of methoxy groups -OCH3 is 1. The van der Waals surface area contributed by atoms with Crippen LogP contribution in [0.3, 0.4) is 0 Å². The minimum absolute atomic E-state index is 0.300. The predicted octanol–water partition coefficient (Wildman–Crippen LogP) is 2.24. The molecule has 0 aliphatic rings. The molecule has 0 saturated carbocycles. The summed E-state index contributed by atoms with van der Waals surface area (Å²) in [5.74, 6) is -0.981. The zero-order valence-corrected chi connectivity index (χ0v) is 9.20. The Morgan fingerprint density at radius 2 is 1.71 bits per heavy atom. The molecule has 1 aromatic rings. The average molecular weight is 250 g/mol. The highest BCUT2D eigenvalue weighted by Gasteiger charge is 2.39. The van der Waals surface area contributed by atoms with Crippen LogP contribution in [0, 0.1) is 5.92 Å². The summed E-state index contributed by atoms with van der Waals surface area (Å²) in [4.78, 5) is 0. The molecule has 1 N–H and O–H groups in total. The maximum Gasteiger partial charge on any atom is 0.397 e. The summed E-state index contributed by atoms with van der Waals surface area (Å²) in [7, 11) is 1.49. The van der Waals surface area contributed by atoms with Crippen molar-refractivity contribution in [2.24, 2.45) is 5.92 Å². The summed E-state index contributed by atoms with van der Waals surface area (Å²) in [6, 6.07) is 6.17. The number of hydrogen-bond donors (Lipinski definition) is 1. The summed E-state index contributed by atoms with van der Waals surface area (Å²) in [6.45, 7) is -1.59. The van der Waals surface area contributed by atoms with Gasteiger partial charge in [0.05, 0.1) is 13.7 Å². The SMILES string of the molecule is COc1ccc(OCC(CO)C(F)(F)F)cc1. The molecule has 0 aliphatic carbocycles. The summed E-state index contributed by atoms with van der Waals surface area (Å²) < 4.78 is 46.7.